The molecule has 0 fully saturated rings. The van der Waals surface area contributed by atoms with Crippen molar-refractivity contribution in [2.24, 2.45) is 0 Å². The van der Waals surface area contributed by atoms with Crippen molar-refractivity contribution in [3.05, 3.63) is 40.7 Å². The van der Waals surface area contributed by atoms with Crippen LogP contribution >= 0.6 is 0 Å². The highest BCUT2D eigenvalue weighted by Gasteiger charge is 2.16. The Morgan fingerprint density at radius 3 is 2.92 bits per heavy atom. The van der Waals surface area contributed by atoms with E-state index in [-0.39, 0.29) is 25.3 Å². The van der Waals surface area contributed by atoms with Crippen molar-refractivity contribution in [2.75, 3.05) is 11.9 Å². The standard InChI is InChI=1S/C19H23N3O4/c1-12-19(13(2)22(21-12)8-7-18(24)25)20-17(23)11-14-5-6-16-15(10-14)4-3-9-26-16/h5-6,10H,3-4,7-9,11H2,1-2H3,(H,20,23)(H,24,25). The van der Waals surface area contributed by atoms with Gasteiger partial charge in [-0.15, -0.1) is 0 Å². The molecular formula is C19H23N3O4. The maximum Gasteiger partial charge on any atom is 0.305 e. The topological polar surface area (TPSA) is 93.5 Å². The van der Waals surface area contributed by atoms with Crippen LogP contribution in [0.5, 0.6) is 5.75 Å². The number of nitrogens with one attached hydrogen (secondary N) is 1. The number of hydrogen-bond donors (Lipinski definition) is 2. The number of aliphatic carboxylic acids is 1. The van der Waals surface area contributed by atoms with Gasteiger partial charge < -0.3 is 15.2 Å². The van der Waals surface area contributed by atoms with Crippen LogP contribution in [0.3, 0.4) is 0 Å². The van der Waals surface area contributed by atoms with Crippen molar-refractivity contribution in [2.45, 2.75) is 46.1 Å². The van der Waals surface area contributed by atoms with Crippen molar-refractivity contribution in [1.29, 1.82) is 0 Å². The van der Waals surface area contributed by atoms with E-state index in [9.17, 15) is 9.59 Å². The zero-order chi connectivity index (χ0) is 18.7. The molecular weight excluding hydrogens is 334 g/mol. The molecule has 2 aromatic rings. The van der Waals surface area contributed by atoms with E-state index in [0.717, 1.165) is 42.0 Å². The van der Waals surface area contributed by atoms with Gasteiger partial charge in [-0.05, 0) is 43.9 Å². The third-order valence-electron chi connectivity index (χ3n) is 4.52. The van der Waals surface area contributed by atoms with E-state index in [0.29, 0.717) is 11.4 Å². The predicted molar refractivity (Wildman–Crippen MR) is 96.5 cm³/mol. The Morgan fingerprint density at radius 2 is 2.15 bits per heavy atom. The molecule has 7 heteroatoms. The van der Waals surface area contributed by atoms with E-state index < -0.39 is 5.97 Å². The number of nitrogens with zero attached hydrogens (tertiary/aromatic N) is 2. The molecule has 26 heavy (non-hydrogen) atoms. The number of amides is 1. The zero-order valence-corrected chi connectivity index (χ0v) is 15.0. The molecule has 1 amide bonds. The van der Waals surface area contributed by atoms with Crippen molar-refractivity contribution < 1.29 is 19.4 Å². The lowest BCUT2D eigenvalue weighted by atomic mass is 10.0. The van der Waals surface area contributed by atoms with Crippen molar-refractivity contribution in [3.63, 3.8) is 0 Å². The first-order valence-corrected chi connectivity index (χ1v) is 8.74. The lowest BCUT2D eigenvalue weighted by Gasteiger charge is -2.17. The molecule has 0 aliphatic carbocycles. The molecule has 0 saturated carbocycles. The molecule has 7 nitrogen and oxygen atoms in total. The van der Waals surface area contributed by atoms with Crippen molar-refractivity contribution in [3.8, 4) is 5.75 Å². The number of carbonyl (C=O) groups is 2. The molecule has 2 N–H and O–H groups in total. The normalized spacial score (nSPS) is 13.0. The summed E-state index contributed by atoms with van der Waals surface area (Å²) in [7, 11) is 0. The van der Waals surface area contributed by atoms with Gasteiger partial charge in [-0.25, -0.2) is 0 Å². The largest absolute Gasteiger partial charge is 0.493 e. The SMILES string of the molecule is Cc1nn(CCC(=O)O)c(C)c1NC(=O)Cc1ccc2c(c1)CCCO2. The second kappa shape index (κ2) is 7.59. The maximum absolute atomic E-state index is 12.5. The predicted octanol–water partition coefficient (Wildman–Crippen LogP) is 2.48. The number of benzene rings is 1. The summed E-state index contributed by atoms with van der Waals surface area (Å²) in [6, 6.07) is 5.88. The number of aryl methyl sites for hydroxylation is 3. The third-order valence-corrected chi connectivity index (χ3v) is 4.52. The van der Waals surface area contributed by atoms with E-state index >= 15 is 0 Å². The number of carbonyl (C=O) groups excluding carboxylic acids is 1. The number of fused-ring (bicyclic) bond motifs is 1. The Hall–Kier alpha value is -2.83. The number of rotatable bonds is 6. The Balaban J connectivity index is 1.67. The molecule has 1 aromatic heterocycles. The summed E-state index contributed by atoms with van der Waals surface area (Å²) in [5.41, 5.74) is 4.19. The van der Waals surface area contributed by atoms with Gasteiger partial charge in [-0.3, -0.25) is 14.3 Å². The number of ether oxygens (including phenoxy) is 1. The smallest absolute Gasteiger partial charge is 0.305 e. The van der Waals surface area contributed by atoms with Crippen LogP contribution in [0.4, 0.5) is 5.69 Å². The van der Waals surface area contributed by atoms with Gasteiger partial charge in [-0.1, -0.05) is 12.1 Å². The van der Waals surface area contributed by atoms with Crippen LogP contribution in [0, 0.1) is 13.8 Å². The van der Waals surface area contributed by atoms with Crippen LogP contribution in [0.1, 0.15) is 35.4 Å². The lowest BCUT2D eigenvalue weighted by molar-refractivity contribution is -0.137. The fourth-order valence-electron chi connectivity index (χ4n) is 3.19. The average molecular weight is 357 g/mol. The van der Waals surface area contributed by atoms with Gasteiger partial charge in [0.2, 0.25) is 5.91 Å². The Kier molecular flexibility index (Phi) is 5.25. The van der Waals surface area contributed by atoms with Crippen molar-refractivity contribution >= 4 is 17.6 Å². The second-order valence-electron chi connectivity index (χ2n) is 6.53. The van der Waals surface area contributed by atoms with Gasteiger partial charge in [0.25, 0.3) is 0 Å². The van der Waals surface area contributed by atoms with Gasteiger partial charge >= 0.3 is 5.97 Å². The summed E-state index contributed by atoms with van der Waals surface area (Å²) in [6.45, 7) is 4.66. The lowest BCUT2D eigenvalue weighted by Crippen LogP contribution is -2.16. The van der Waals surface area contributed by atoms with Crippen LogP contribution in [0.2, 0.25) is 0 Å². The van der Waals surface area contributed by atoms with Crippen LogP contribution in [0.25, 0.3) is 0 Å². The quantitative estimate of drug-likeness (QED) is 0.828. The van der Waals surface area contributed by atoms with E-state index in [2.05, 4.69) is 10.4 Å². The molecule has 0 bridgehead atoms. The van der Waals surface area contributed by atoms with Crippen LogP contribution in [-0.2, 0) is 29.0 Å². The highest BCUT2D eigenvalue weighted by Crippen LogP contribution is 2.26. The number of anilines is 1. The molecule has 2 heterocycles. The van der Waals surface area contributed by atoms with E-state index in [1.54, 1.807) is 11.6 Å². The molecule has 1 aliphatic heterocycles. The monoisotopic (exact) mass is 357 g/mol. The van der Waals surface area contributed by atoms with Gasteiger partial charge in [-0.2, -0.15) is 5.10 Å². The Bertz CT molecular complexity index is 842. The van der Waals surface area contributed by atoms with Crippen LogP contribution in [-0.4, -0.2) is 33.4 Å². The van der Waals surface area contributed by atoms with Gasteiger partial charge in [0.1, 0.15) is 5.75 Å². The first-order valence-electron chi connectivity index (χ1n) is 8.74. The van der Waals surface area contributed by atoms with Gasteiger partial charge in [0, 0.05) is 0 Å². The third kappa shape index (κ3) is 4.04. The first-order chi connectivity index (χ1) is 12.4. The summed E-state index contributed by atoms with van der Waals surface area (Å²) in [5, 5.41) is 16.1. The highest BCUT2D eigenvalue weighted by atomic mass is 16.5. The second-order valence-corrected chi connectivity index (χ2v) is 6.53. The molecule has 138 valence electrons. The average Bonchev–Trinajstić information content (AvgIpc) is 2.87. The van der Waals surface area contributed by atoms with Gasteiger partial charge in [0.05, 0.1) is 43.1 Å². The fourth-order valence-corrected chi connectivity index (χ4v) is 3.19. The summed E-state index contributed by atoms with van der Waals surface area (Å²) in [6.07, 6.45) is 2.23. The molecule has 3 rings (SSSR count). The fraction of sp³-hybridized carbons (Fsp3) is 0.421. The Morgan fingerprint density at radius 1 is 1.35 bits per heavy atom. The summed E-state index contributed by atoms with van der Waals surface area (Å²) >= 11 is 0. The summed E-state index contributed by atoms with van der Waals surface area (Å²) in [4.78, 5) is 23.2. The highest BCUT2D eigenvalue weighted by molar-refractivity contribution is 5.93. The molecule has 0 spiro atoms. The number of carboxylic acid groups (broad SMARTS) is 1. The van der Waals surface area contributed by atoms with Crippen LogP contribution in [0.15, 0.2) is 18.2 Å². The molecule has 1 aromatic carbocycles. The molecule has 0 radical (unpaired) electrons. The maximum atomic E-state index is 12.5. The zero-order valence-electron chi connectivity index (χ0n) is 15.0. The molecule has 0 atom stereocenters. The molecule has 1 aliphatic rings. The van der Waals surface area contributed by atoms with Crippen molar-refractivity contribution in [1.82, 2.24) is 9.78 Å². The van der Waals surface area contributed by atoms with E-state index in [1.807, 2.05) is 25.1 Å². The minimum absolute atomic E-state index is 0.00740. The van der Waals surface area contributed by atoms with E-state index in [4.69, 9.17) is 9.84 Å². The van der Waals surface area contributed by atoms with Gasteiger partial charge in [0.15, 0.2) is 0 Å². The summed E-state index contributed by atoms with van der Waals surface area (Å²) in [5.74, 6) is -0.0861. The van der Waals surface area contributed by atoms with E-state index in [1.165, 1.54) is 0 Å². The number of carboxylic acids is 1. The summed E-state index contributed by atoms with van der Waals surface area (Å²) < 4.78 is 7.22. The Labute approximate surface area is 152 Å². The number of hydrogen-bond acceptors (Lipinski definition) is 4. The van der Waals surface area contributed by atoms with Crippen LogP contribution < -0.4 is 10.1 Å². The minimum Gasteiger partial charge on any atom is -0.493 e. The first kappa shape index (κ1) is 18.0. The minimum atomic E-state index is -0.875. The number of aromatic nitrogens is 2. The molecule has 0 unspecified atom stereocenters. The molecule has 0 saturated heterocycles.